The van der Waals surface area contributed by atoms with Crippen LogP contribution in [0.5, 0.6) is 0 Å². The first-order valence-electron chi connectivity index (χ1n) is 3.50. The van der Waals surface area contributed by atoms with Gasteiger partial charge in [0, 0.05) is 0 Å². The Bertz CT molecular complexity index is 159. The molecule has 0 radical (unpaired) electrons. The minimum absolute atomic E-state index is 0. The number of esters is 1. The molecule has 0 saturated carbocycles. The van der Waals surface area contributed by atoms with Gasteiger partial charge >= 0.3 is 5.97 Å². The standard InChI is InChI=1S/C7H13NO2.ClH/c1-7(2)4-3-5(8)6(9)10-7;/h5H,3-4,8H2,1-2H3;1H. The molecule has 0 spiro atoms. The second-order valence-electron chi connectivity index (χ2n) is 3.33. The summed E-state index contributed by atoms with van der Waals surface area (Å²) in [7, 11) is 0. The maximum absolute atomic E-state index is 10.9. The molecule has 0 aromatic rings. The lowest BCUT2D eigenvalue weighted by Gasteiger charge is -2.32. The molecule has 1 heterocycles. The van der Waals surface area contributed by atoms with Gasteiger partial charge in [0.15, 0.2) is 0 Å². The molecule has 1 rings (SSSR count). The molecular weight excluding hydrogens is 166 g/mol. The van der Waals surface area contributed by atoms with Crippen molar-refractivity contribution in [2.24, 2.45) is 5.73 Å². The number of carbonyl (C=O) groups is 1. The molecule has 1 aliphatic heterocycles. The van der Waals surface area contributed by atoms with Crippen molar-refractivity contribution in [3.8, 4) is 0 Å². The van der Waals surface area contributed by atoms with E-state index in [2.05, 4.69) is 0 Å². The van der Waals surface area contributed by atoms with Crippen molar-refractivity contribution in [1.29, 1.82) is 0 Å². The summed E-state index contributed by atoms with van der Waals surface area (Å²) in [6.07, 6.45) is 1.60. The van der Waals surface area contributed by atoms with E-state index in [1.807, 2.05) is 13.8 Å². The number of nitrogens with two attached hydrogens (primary N) is 1. The molecule has 0 aromatic carbocycles. The average molecular weight is 180 g/mol. The Balaban J connectivity index is 0.000001000. The van der Waals surface area contributed by atoms with Gasteiger partial charge in [-0.3, -0.25) is 4.79 Å². The molecule has 1 unspecified atom stereocenters. The van der Waals surface area contributed by atoms with Gasteiger partial charge in [-0.1, -0.05) is 0 Å². The summed E-state index contributed by atoms with van der Waals surface area (Å²) in [4.78, 5) is 10.9. The van der Waals surface area contributed by atoms with Crippen LogP contribution in [0.2, 0.25) is 0 Å². The Morgan fingerprint density at radius 1 is 1.64 bits per heavy atom. The van der Waals surface area contributed by atoms with Gasteiger partial charge in [-0.2, -0.15) is 0 Å². The SMILES string of the molecule is CC1(C)CCC(N)C(=O)O1.Cl. The Labute approximate surface area is 72.7 Å². The maximum atomic E-state index is 10.9. The van der Waals surface area contributed by atoms with E-state index in [1.54, 1.807) is 0 Å². The number of hydrogen-bond acceptors (Lipinski definition) is 3. The van der Waals surface area contributed by atoms with Crippen LogP contribution in [0.4, 0.5) is 0 Å². The van der Waals surface area contributed by atoms with Gasteiger partial charge in [0.2, 0.25) is 0 Å². The lowest BCUT2D eigenvalue weighted by atomic mass is 9.96. The fourth-order valence-electron chi connectivity index (χ4n) is 1.02. The third-order valence-electron chi connectivity index (χ3n) is 1.74. The molecule has 4 heteroatoms. The van der Waals surface area contributed by atoms with Crippen LogP contribution in [0.1, 0.15) is 26.7 Å². The van der Waals surface area contributed by atoms with E-state index in [0.29, 0.717) is 0 Å². The molecule has 0 bridgehead atoms. The zero-order valence-corrected chi connectivity index (χ0v) is 7.61. The summed E-state index contributed by atoms with van der Waals surface area (Å²) in [5.41, 5.74) is 5.13. The number of carbonyl (C=O) groups excluding carboxylic acids is 1. The van der Waals surface area contributed by atoms with Crippen LogP contribution in [-0.2, 0) is 9.53 Å². The summed E-state index contributed by atoms with van der Waals surface area (Å²) < 4.78 is 5.02. The molecule has 11 heavy (non-hydrogen) atoms. The molecule has 0 aromatic heterocycles. The molecule has 0 amide bonds. The molecule has 1 atom stereocenters. The monoisotopic (exact) mass is 179 g/mol. The van der Waals surface area contributed by atoms with Crippen molar-refractivity contribution in [3.05, 3.63) is 0 Å². The van der Waals surface area contributed by atoms with E-state index in [-0.39, 0.29) is 24.0 Å². The van der Waals surface area contributed by atoms with E-state index in [0.717, 1.165) is 12.8 Å². The fraction of sp³-hybridized carbons (Fsp3) is 0.857. The van der Waals surface area contributed by atoms with E-state index >= 15 is 0 Å². The van der Waals surface area contributed by atoms with Crippen molar-refractivity contribution < 1.29 is 9.53 Å². The van der Waals surface area contributed by atoms with Crippen LogP contribution in [0.3, 0.4) is 0 Å². The van der Waals surface area contributed by atoms with E-state index in [4.69, 9.17) is 10.5 Å². The summed E-state index contributed by atoms with van der Waals surface area (Å²) in [6, 6.07) is -0.395. The Kier molecular flexibility index (Phi) is 3.32. The highest BCUT2D eigenvalue weighted by molar-refractivity contribution is 5.85. The van der Waals surface area contributed by atoms with E-state index in [1.165, 1.54) is 0 Å². The number of hydrogen-bond donors (Lipinski definition) is 1. The van der Waals surface area contributed by atoms with Gasteiger partial charge in [0.1, 0.15) is 11.6 Å². The zero-order valence-electron chi connectivity index (χ0n) is 6.79. The number of cyclic esters (lactones) is 1. The van der Waals surface area contributed by atoms with Crippen molar-refractivity contribution in [2.75, 3.05) is 0 Å². The Morgan fingerprint density at radius 3 is 2.55 bits per heavy atom. The first kappa shape index (κ1) is 10.7. The number of rotatable bonds is 0. The lowest BCUT2D eigenvalue weighted by Crippen LogP contribution is -2.44. The van der Waals surface area contributed by atoms with Crippen molar-refractivity contribution in [2.45, 2.75) is 38.3 Å². The second kappa shape index (κ2) is 3.41. The third-order valence-corrected chi connectivity index (χ3v) is 1.74. The van der Waals surface area contributed by atoms with Crippen molar-refractivity contribution >= 4 is 18.4 Å². The van der Waals surface area contributed by atoms with Crippen LogP contribution in [0.25, 0.3) is 0 Å². The number of ether oxygens (including phenoxy) is 1. The Hall–Kier alpha value is -0.280. The summed E-state index contributed by atoms with van der Waals surface area (Å²) in [6.45, 7) is 3.80. The zero-order chi connectivity index (χ0) is 7.78. The van der Waals surface area contributed by atoms with Crippen molar-refractivity contribution in [3.63, 3.8) is 0 Å². The van der Waals surface area contributed by atoms with Crippen LogP contribution in [0.15, 0.2) is 0 Å². The van der Waals surface area contributed by atoms with Crippen LogP contribution < -0.4 is 5.73 Å². The fourth-order valence-corrected chi connectivity index (χ4v) is 1.02. The summed E-state index contributed by atoms with van der Waals surface area (Å²) in [5.74, 6) is -0.267. The van der Waals surface area contributed by atoms with Gasteiger partial charge in [-0.15, -0.1) is 12.4 Å². The average Bonchev–Trinajstić information content (AvgIpc) is 1.79. The normalized spacial score (nSPS) is 28.6. The van der Waals surface area contributed by atoms with E-state index < -0.39 is 6.04 Å². The van der Waals surface area contributed by atoms with E-state index in [9.17, 15) is 4.79 Å². The minimum Gasteiger partial charge on any atom is -0.459 e. The highest BCUT2D eigenvalue weighted by Crippen LogP contribution is 2.23. The topological polar surface area (TPSA) is 52.3 Å². The molecule has 1 saturated heterocycles. The van der Waals surface area contributed by atoms with Crippen LogP contribution in [-0.4, -0.2) is 17.6 Å². The van der Waals surface area contributed by atoms with Crippen LogP contribution >= 0.6 is 12.4 Å². The number of halogens is 1. The summed E-state index contributed by atoms with van der Waals surface area (Å²) >= 11 is 0. The quantitative estimate of drug-likeness (QED) is 0.561. The third kappa shape index (κ3) is 2.67. The highest BCUT2D eigenvalue weighted by Gasteiger charge is 2.32. The highest BCUT2D eigenvalue weighted by atomic mass is 35.5. The van der Waals surface area contributed by atoms with Crippen LogP contribution in [0, 0.1) is 0 Å². The molecule has 2 N–H and O–H groups in total. The molecule has 0 aliphatic carbocycles. The van der Waals surface area contributed by atoms with Gasteiger partial charge < -0.3 is 10.5 Å². The van der Waals surface area contributed by atoms with Gasteiger partial charge in [-0.25, -0.2) is 0 Å². The predicted octanol–water partition coefficient (Wildman–Crippen LogP) is 0.851. The maximum Gasteiger partial charge on any atom is 0.323 e. The first-order valence-corrected chi connectivity index (χ1v) is 3.50. The predicted molar refractivity (Wildman–Crippen MR) is 44.6 cm³/mol. The first-order chi connectivity index (χ1) is 4.51. The largest absolute Gasteiger partial charge is 0.459 e. The van der Waals surface area contributed by atoms with Gasteiger partial charge in [0.25, 0.3) is 0 Å². The van der Waals surface area contributed by atoms with Crippen molar-refractivity contribution in [1.82, 2.24) is 0 Å². The minimum atomic E-state index is -0.395. The van der Waals surface area contributed by atoms with Gasteiger partial charge in [0.05, 0.1) is 0 Å². The molecule has 1 aliphatic rings. The molecule has 66 valence electrons. The summed E-state index contributed by atoms with van der Waals surface area (Å²) in [5, 5.41) is 0. The molecular formula is C7H14ClNO2. The smallest absolute Gasteiger partial charge is 0.323 e. The Morgan fingerprint density at radius 2 is 2.18 bits per heavy atom. The molecule has 1 fully saturated rings. The van der Waals surface area contributed by atoms with Gasteiger partial charge in [-0.05, 0) is 26.7 Å². The molecule has 3 nitrogen and oxygen atoms in total. The second-order valence-corrected chi connectivity index (χ2v) is 3.33. The lowest BCUT2D eigenvalue weighted by molar-refractivity contribution is -0.165.